The molecule has 2 atom stereocenters. The quantitative estimate of drug-likeness (QED) is 0.661. The third kappa shape index (κ3) is 4.43. The molecule has 2 aliphatic heterocycles. The number of anilines is 1. The highest BCUT2D eigenvalue weighted by Gasteiger charge is 2.34. The summed E-state index contributed by atoms with van der Waals surface area (Å²) in [6.07, 6.45) is 6.27. The first-order valence-electron chi connectivity index (χ1n) is 10.5. The van der Waals surface area contributed by atoms with E-state index >= 15 is 0 Å². The SMILES string of the molecule is O=c1cc(OCc2ccc(Cl)cn2)ccn1-c1ccc(N2C[C@H]3CNCC[C@H]3C2)nc1. The van der Waals surface area contributed by atoms with Crippen LogP contribution < -0.4 is 20.5 Å². The van der Waals surface area contributed by atoms with Crippen LogP contribution in [-0.2, 0) is 6.61 Å². The topological polar surface area (TPSA) is 72.3 Å². The Kier molecular flexibility index (Phi) is 5.61. The average Bonchev–Trinajstić information content (AvgIpc) is 3.23. The Morgan fingerprint density at radius 1 is 1.10 bits per heavy atom. The van der Waals surface area contributed by atoms with E-state index in [0.717, 1.165) is 49.3 Å². The van der Waals surface area contributed by atoms with E-state index in [9.17, 15) is 4.79 Å². The molecular formula is C23H24ClN5O2. The second-order valence-corrected chi connectivity index (χ2v) is 8.56. The van der Waals surface area contributed by atoms with Crippen LogP contribution in [0.15, 0.2) is 59.8 Å². The number of rotatable bonds is 5. The molecule has 5 rings (SSSR count). The number of hydrogen-bond acceptors (Lipinski definition) is 6. The summed E-state index contributed by atoms with van der Waals surface area (Å²) in [5.74, 6) is 2.92. The Bertz CT molecular complexity index is 1090. The Hall–Kier alpha value is -2.90. The molecule has 3 aromatic heterocycles. The van der Waals surface area contributed by atoms with Crippen molar-refractivity contribution in [1.29, 1.82) is 0 Å². The maximum Gasteiger partial charge on any atom is 0.258 e. The third-order valence-corrected chi connectivity index (χ3v) is 6.30. The number of nitrogens with one attached hydrogen (secondary N) is 1. The van der Waals surface area contributed by atoms with Crippen LogP contribution in [0.25, 0.3) is 5.69 Å². The van der Waals surface area contributed by atoms with E-state index in [4.69, 9.17) is 16.3 Å². The number of piperidine rings is 1. The molecule has 0 aromatic carbocycles. The van der Waals surface area contributed by atoms with Gasteiger partial charge in [0.2, 0.25) is 0 Å². The average molecular weight is 438 g/mol. The number of halogens is 1. The fourth-order valence-corrected chi connectivity index (χ4v) is 4.49. The van der Waals surface area contributed by atoms with Crippen molar-refractivity contribution in [2.24, 2.45) is 11.8 Å². The predicted molar refractivity (Wildman–Crippen MR) is 120 cm³/mol. The van der Waals surface area contributed by atoms with E-state index in [1.807, 2.05) is 12.1 Å². The molecule has 2 fully saturated rings. The number of ether oxygens (including phenoxy) is 1. The van der Waals surface area contributed by atoms with Gasteiger partial charge in [-0.15, -0.1) is 0 Å². The molecule has 31 heavy (non-hydrogen) atoms. The summed E-state index contributed by atoms with van der Waals surface area (Å²) < 4.78 is 7.26. The van der Waals surface area contributed by atoms with E-state index in [-0.39, 0.29) is 12.2 Å². The molecule has 0 spiro atoms. The first-order valence-corrected chi connectivity index (χ1v) is 10.9. The zero-order valence-electron chi connectivity index (χ0n) is 17.1. The van der Waals surface area contributed by atoms with Gasteiger partial charge in [0, 0.05) is 31.5 Å². The highest BCUT2D eigenvalue weighted by Crippen LogP contribution is 2.30. The lowest BCUT2D eigenvalue weighted by Gasteiger charge is -2.23. The van der Waals surface area contributed by atoms with Gasteiger partial charge in [-0.3, -0.25) is 14.3 Å². The lowest BCUT2D eigenvalue weighted by Crippen LogP contribution is -2.35. The summed E-state index contributed by atoms with van der Waals surface area (Å²) in [7, 11) is 0. The highest BCUT2D eigenvalue weighted by atomic mass is 35.5. The molecule has 2 saturated heterocycles. The molecule has 0 bridgehead atoms. The van der Waals surface area contributed by atoms with Crippen LogP contribution in [0, 0.1) is 11.8 Å². The standard InChI is InChI=1S/C23H24ClN5O2/c24-18-1-2-19(26-11-18)15-31-21-6-8-29(23(30)9-21)20-3-4-22(27-12-20)28-13-16-5-7-25-10-17(16)14-28/h1-4,6,8-9,11-12,16-17,25H,5,7,10,13-15H2/t16-,17+/m0/s1. The fraction of sp³-hybridized carbons (Fsp3) is 0.348. The van der Waals surface area contributed by atoms with Gasteiger partial charge in [-0.25, -0.2) is 4.98 Å². The molecule has 3 aromatic rings. The molecule has 0 saturated carbocycles. The zero-order valence-corrected chi connectivity index (χ0v) is 17.8. The second-order valence-electron chi connectivity index (χ2n) is 8.12. The number of pyridine rings is 3. The largest absolute Gasteiger partial charge is 0.487 e. The summed E-state index contributed by atoms with van der Waals surface area (Å²) in [5.41, 5.74) is 1.30. The van der Waals surface area contributed by atoms with Gasteiger partial charge in [0.05, 0.1) is 22.6 Å². The molecule has 1 N–H and O–H groups in total. The van der Waals surface area contributed by atoms with Gasteiger partial charge in [-0.1, -0.05) is 11.6 Å². The van der Waals surface area contributed by atoms with Crippen LogP contribution in [0.4, 0.5) is 5.82 Å². The summed E-state index contributed by atoms with van der Waals surface area (Å²) in [5, 5.41) is 4.06. The van der Waals surface area contributed by atoms with Crippen molar-refractivity contribution < 1.29 is 4.74 Å². The molecule has 0 amide bonds. The van der Waals surface area contributed by atoms with Crippen LogP contribution in [0.1, 0.15) is 12.1 Å². The van der Waals surface area contributed by atoms with Crippen LogP contribution in [0.2, 0.25) is 5.02 Å². The maximum absolute atomic E-state index is 12.6. The summed E-state index contributed by atoms with van der Waals surface area (Å²) in [6.45, 7) is 4.58. The Morgan fingerprint density at radius 3 is 2.74 bits per heavy atom. The van der Waals surface area contributed by atoms with E-state index in [2.05, 4.69) is 20.2 Å². The number of hydrogen-bond donors (Lipinski definition) is 1. The lowest BCUT2D eigenvalue weighted by molar-refractivity contribution is 0.300. The van der Waals surface area contributed by atoms with Crippen molar-refractivity contribution >= 4 is 17.4 Å². The number of nitrogens with zero attached hydrogens (tertiary/aromatic N) is 4. The van der Waals surface area contributed by atoms with Crippen molar-refractivity contribution in [3.05, 3.63) is 76.1 Å². The molecule has 0 aliphatic carbocycles. The zero-order chi connectivity index (χ0) is 21.2. The second kappa shape index (κ2) is 8.69. The van der Waals surface area contributed by atoms with Crippen LogP contribution in [-0.4, -0.2) is 40.7 Å². The van der Waals surface area contributed by atoms with Crippen molar-refractivity contribution in [3.63, 3.8) is 0 Å². The first kappa shape index (κ1) is 20.0. The van der Waals surface area contributed by atoms with Crippen molar-refractivity contribution in [3.8, 4) is 11.4 Å². The summed E-state index contributed by atoms with van der Waals surface area (Å²) in [6, 6.07) is 10.7. The molecule has 160 valence electrons. The van der Waals surface area contributed by atoms with Gasteiger partial charge in [0.15, 0.2) is 0 Å². The number of fused-ring (bicyclic) bond motifs is 1. The minimum atomic E-state index is -0.172. The molecule has 2 aliphatic rings. The van der Waals surface area contributed by atoms with Gasteiger partial charge < -0.3 is 15.0 Å². The maximum atomic E-state index is 12.6. The molecule has 0 radical (unpaired) electrons. The Balaban J connectivity index is 1.26. The highest BCUT2D eigenvalue weighted by molar-refractivity contribution is 6.30. The van der Waals surface area contributed by atoms with E-state index in [1.165, 1.54) is 12.5 Å². The van der Waals surface area contributed by atoms with Crippen LogP contribution in [0.5, 0.6) is 5.75 Å². The molecule has 7 nitrogen and oxygen atoms in total. The smallest absolute Gasteiger partial charge is 0.258 e. The molecular weight excluding hydrogens is 414 g/mol. The minimum Gasteiger partial charge on any atom is -0.487 e. The molecule has 8 heteroatoms. The first-order chi connectivity index (χ1) is 15.2. The lowest BCUT2D eigenvalue weighted by atomic mass is 9.90. The van der Waals surface area contributed by atoms with E-state index in [1.54, 1.807) is 41.4 Å². The molecule has 5 heterocycles. The Morgan fingerprint density at radius 2 is 2.00 bits per heavy atom. The predicted octanol–water partition coefficient (Wildman–Crippen LogP) is 2.91. The van der Waals surface area contributed by atoms with Crippen molar-refractivity contribution in [2.45, 2.75) is 13.0 Å². The number of aromatic nitrogens is 3. The van der Waals surface area contributed by atoms with E-state index < -0.39 is 0 Å². The van der Waals surface area contributed by atoms with E-state index in [0.29, 0.717) is 16.7 Å². The summed E-state index contributed by atoms with van der Waals surface area (Å²) >= 11 is 5.84. The van der Waals surface area contributed by atoms with Gasteiger partial charge in [-0.2, -0.15) is 0 Å². The van der Waals surface area contributed by atoms with Gasteiger partial charge >= 0.3 is 0 Å². The third-order valence-electron chi connectivity index (χ3n) is 6.08. The minimum absolute atomic E-state index is 0.172. The fourth-order valence-electron chi connectivity index (χ4n) is 4.38. The monoisotopic (exact) mass is 437 g/mol. The molecule has 0 unspecified atom stereocenters. The Labute approximate surface area is 185 Å². The van der Waals surface area contributed by atoms with Gasteiger partial charge in [0.1, 0.15) is 18.2 Å². The summed E-state index contributed by atoms with van der Waals surface area (Å²) in [4.78, 5) is 23.8. The van der Waals surface area contributed by atoms with Crippen molar-refractivity contribution in [2.75, 3.05) is 31.1 Å². The van der Waals surface area contributed by atoms with Crippen LogP contribution in [0.3, 0.4) is 0 Å². The van der Waals surface area contributed by atoms with Gasteiger partial charge in [-0.05, 0) is 61.7 Å². The van der Waals surface area contributed by atoms with Crippen molar-refractivity contribution in [1.82, 2.24) is 19.9 Å². The normalized spacial score (nSPS) is 20.5. The van der Waals surface area contributed by atoms with Gasteiger partial charge in [0.25, 0.3) is 5.56 Å². The van der Waals surface area contributed by atoms with Crippen LogP contribution >= 0.6 is 11.6 Å².